The van der Waals surface area contributed by atoms with E-state index in [2.05, 4.69) is 6.92 Å². The summed E-state index contributed by atoms with van der Waals surface area (Å²) in [6, 6.07) is 0. The number of nitrogens with one attached hydrogen (secondary N) is 1. The average molecular weight is 270 g/mol. The number of carbonyl (C=O) groups is 1. The minimum Gasteiger partial charge on any atom is -0.466 e. The van der Waals surface area contributed by atoms with Crippen LogP contribution in [0.15, 0.2) is 0 Å². The number of esters is 1. The molecule has 0 spiro atoms. The van der Waals surface area contributed by atoms with Gasteiger partial charge in [0.05, 0.1) is 6.61 Å². The van der Waals surface area contributed by atoms with Crippen LogP contribution in [0.25, 0.3) is 0 Å². The maximum Gasteiger partial charge on any atom is 0.305 e. The Morgan fingerprint density at radius 2 is 1.68 bits per heavy atom. The fourth-order valence-electron chi connectivity index (χ4n) is 1.86. The molecule has 0 saturated heterocycles. The Morgan fingerprint density at radius 3 is 2.37 bits per heavy atom. The van der Waals surface area contributed by atoms with Crippen LogP contribution in [0.2, 0.25) is 0 Å². The van der Waals surface area contributed by atoms with Gasteiger partial charge in [-0.15, -0.1) is 0 Å². The van der Waals surface area contributed by atoms with Crippen LogP contribution in [0.5, 0.6) is 0 Å². The van der Waals surface area contributed by atoms with Gasteiger partial charge in [-0.25, -0.2) is 0 Å². The van der Waals surface area contributed by atoms with E-state index < -0.39 is 0 Å². The summed E-state index contributed by atoms with van der Waals surface area (Å²) in [6.45, 7) is 3.26. The van der Waals surface area contributed by atoms with Crippen LogP contribution in [0, 0.1) is 5.41 Å². The summed E-state index contributed by atoms with van der Waals surface area (Å²) < 4.78 is 5.14. The number of nitrogens with two attached hydrogens (primary N) is 1. The minimum absolute atomic E-state index is 0.0926. The molecule has 112 valence electrons. The van der Waals surface area contributed by atoms with Gasteiger partial charge in [-0.2, -0.15) is 0 Å². The van der Waals surface area contributed by atoms with Crippen LogP contribution in [0.3, 0.4) is 0 Å². The van der Waals surface area contributed by atoms with Crippen molar-refractivity contribution in [3.8, 4) is 0 Å². The van der Waals surface area contributed by atoms with Crippen LogP contribution in [-0.2, 0) is 9.53 Å². The Balaban J connectivity index is 3.31. The van der Waals surface area contributed by atoms with Gasteiger partial charge in [0.25, 0.3) is 0 Å². The molecule has 0 aliphatic rings. The summed E-state index contributed by atoms with van der Waals surface area (Å²) in [4.78, 5) is 11.4. The van der Waals surface area contributed by atoms with Crippen LogP contribution in [0.4, 0.5) is 0 Å². The Morgan fingerprint density at radius 1 is 1.00 bits per heavy atom. The third-order valence-electron chi connectivity index (χ3n) is 3.05. The van der Waals surface area contributed by atoms with Gasteiger partial charge in [0.15, 0.2) is 0 Å². The van der Waals surface area contributed by atoms with Crippen molar-refractivity contribution in [2.75, 3.05) is 13.2 Å². The predicted molar refractivity (Wildman–Crippen MR) is 79.6 cm³/mol. The Labute approximate surface area is 117 Å². The molecule has 19 heavy (non-hydrogen) atoms. The number of hydrogen-bond acceptors (Lipinski definition) is 4. The Bertz CT molecular complexity index is 242. The van der Waals surface area contributed by atoms with Crippen LogP contribution in [0.1, 0.15) is 71.1 Å². The van der Waals surface area contributed by atoms with E-state index in [0.717, 1.165) is 32.1 Å². The largest absolute Gasteiger partial charge is 0.466 e. The zero-order valence-electron chi connectivity index (χ0n) is 12.4. The number of carbonyl (C=O) groups excluding carboxylic acids is 1. The Hall–Kier alpha value is -0.900. The lowest BCUT2D eigenvalue weighted by atomic mass is 10.1. The average Bonchev–Trinajstić information content (AvgIpc) is 2.41. The second-order valence-corrected chi connectivity index (χ2v) is 4.98. The normalized spacial score (nSPS) is 10.4. The molecule has 0 rings (SSSR count). The lowest BCUT2D eigenvalue weighted by Crippen LogP contribution is -2.08. The summed E-state index contributed by atoms with van der Waals surface area (Å²) in [5, 5.41) is 7.66. The summed E-state index contributed by atoms with van der Waals surface area (Å²) in [6.07, 6.45) is 9.38. The molecule has 0 aromatic carbocycles. The molecular formula is C15H30N2O2. The standard InChI is InChI=1S/C15H30N2O2/c1-2-3-4-5-6-11-15(18)19-13-8-10-14(17)9-7-12-16/h17H,2-13,16H2,1H3. The lowest BCUT2D eigenvalue weighted by molar-refractivity contribution is -0.143. The smallest absolute Gasteiger partial charge is 0.305 e. The summed E-state index contributed by atoms with van der Waals surface area (Å²) in [5.41, 5.74) is 6.09. The zero-order chi connectivity index (χ0) is 14.3. The van der Waals surface area contributed by atoms with Crippen molar-refractivity contribution >= 4 is 11.7 Å². The van der Waals surface area contributed by atoms with Gasteiger partial charge in [0, 0.05) is 12.1 Å². The van der Waals surface area contributed by atoms with Crippen LogP contribution in [-0.4, -0.2) is 24.8 Å². The summed E-state index contributed by atoms with van der Waals surface area (Å²) in [5.74, 6) is -0.0926. The maximum absolute atomic E-state index is 11.4. The first kappa shape index (κ1) is 18.1. The highest BCUT2D eigenvalue weighted by molar-refractivity contribution is 5.81. The molecule has 0 unspecified atom stereocenters. The fourth-order valence-corrected chi connectivity index (χ4v) is 1.86. The van der Waals surface area contributed by atoms with Gasteiger partial charge in [0.2, 0.25) is 0 Å². The van der Waals surface area contributed by atoms with Gasteiger partial charge < -0.3 is 15.9 Å². The molecule has 0 fully saturated rings. The first-order valence-electron chi connectivity index (χ1n) is 7.62. The van der Waals surface area contributed by atoms with E-state index in [-0.39, 0.29) is 5.97 Å². The van der Waals surface area contributed by atoms with E-state index in [1.807, 2.05) is 0 Å². The van der Waals surface area contributed by atoms with Crippen molar-refractivity contribution in [3.05, 3.63) is 0 Å². The van der Waals surface area contributed by atoms with Gasteiger partial charge in [-0.3, -0.25) is 4.79 Å². The van der Waals surface area contributed by atoms with Crippen molar-refractivity contribution in [1.82, 2.24) is 0 Å². The third kappa shape index (κ3) is 13.3. The molecule has 0 atom stereocenters. The monoisotopic (exact) mass is 270 g/mol. The third-order valence-corrected chi connectivity index (χ3v) is 3.05. The molecule has 0 bridgehead atoms. The molecule has 0 aromatic rings. The molecule has 4 heteroatoms. The fraction of sp³-hybridized carbons (Fsp3) is 0.867. The first-order valence-corrected chi connectivity index (χ1v) is 7.62. The number of ether oxygens (including phenoxy) is 1. The van der Waals surface area contributed by atoms with E-state index in [1.54, 1.807) is 0 Å². The first-order chi connectivity index (χ1) is 9.20. The summed E-state index contributed by atoms with van der Waals surface area (Å²) in [7, 11) is 0. The molecular weight excluding hydrogens is 240 g/mol. The van der Waals surface area contributed by atoms with E-state index in [4.69, 9.17) is 15.9 Å². The van der Waals surface area contributed by atoms with Gasteiger partial charge in [-0.1, -0.05) is 32.6 Å². The molecule has 0 aliphatic heterocycles. The maximum atomic E-state index is 11.4. The molecule has 0 radical (unpaired) electrons. The van der Waals surface area contributed by atoms with E-state index in [9.17, 15) is 4.79 Å². The summed E-state index contributed by atoms with van der Waals surface area (Å²) >= 11 is 0. The molecule has 0 heterocycles. The van der Waals surface area contributed by atoms with Crippen LogP contribution >= 0.6 is 0 Å². The van der Waals surface area contributed by atoms with Crippen molar-refractivity contribution < 1.29 is 9.53 Å². The van der Waals surface area contributed by atoms with Gasteiger partial charge in [0.1, 0.15) is 0 Å². The van der Waals surface area contributed by atoms with E-state index >= 15 is 0 Å². The molecule has 0 amide bonds. The number of hydrogen-bond donors (Lipinski definition) is 2. The van der Waals surface area contributed by atoms with Crippen molar-refractivity contribution in [3.63, 3.8) is 0 Å². The number of rotatable bonds is 13. The van der Waals surface area contributed by atoms with Gasteiger partial charge >= 0.3 is 5.97 Å². The highest BCUT2D eigenvalue weighted by atomic mass is 16.5. The molecule has 0 aliphatic carbocycles. The van der Waals surface area contributed by atoms with Crippen molar-refractivity contribution in [2.45, 2.75) is 71.1 Å². The molecule has 0 saturated carbocycles. The van der Waals surface area contributed by atoms with E-state index in [0.29, 0.717) is 31.7 Å². The van der Waals surface area contributed by atoms with Crippen molar-refractivity contribution in [1.29, 1.82) is 5.41 Å². The topological polar surface area (TPSA) is 76.2 Å². The highest BCUT2D eigenvalue weighted by Crippen LogP contribution is 2.06. The quantitative estimate of drug-likeness (QED) is 0.306. The lowest BCUT2D eigenvalue weighted by Gasteiger charge is -2.05. The predicted octanol–water partition coefficient (Wildman–Crippen LogP) is 3.43. The highest BCUT2D eigenvalue weighted by Gasteiger charge is 2.03. The van der Waals surface area contributed by atoms with Crippen molar-refractivity contribution in [2.24, 2.45) is 5.73 Å². The second-order valence-electron chi connectivity index (χ2n) is 4.98. The van der Waals surface area contributed by atoms with Crippen LogP contribution < -0.4 is 5.73 Å². The van der Waals surface area contributed by atoms with E-state index in [1.165, 1.54) is 19.3 Å². The second kappa shape index (κ2) is 13.5. The molecule has 4 nitrogen and oxygen atoms in total. The minimum atomic E-state index is -0.0926. The SMILES string of the molecule is CCCCCCCC(=O)OCCCC(=N)CCCN. The Kier molecular flexibility index (Phi) is 12.9. The molecule has 3 N–H and O–H groups in total. The number of unbranched alkanes of at least 4 members (excludes halogenated alkanes) is 4. The van der Waals surface area contributed by atoms with Gasteiger partial charge in [-0.05, 0) is 38.6 Å². The molecule has 0 aromatic heterocycles. The zero-order valence-corrected chi connectivity index (χ0v) is 12.4.